The molecule has 1 unspecified atom stereocenters. The highest BCUT2D eigenvalue weighted by Crippen LogP contribution is 2.38. The SMILES string of the molecule is CNC(c1cccnc1)c1cccc2c1OCCO2. The van der Waals surface area contributed by atoms with Gasteiger partial charge in [0.2, 0.25) is 0 Å². The minimum Gasteiger partial charge on any atom is -0.486 e. The van der Waals surface area contributed by atoms with Crippen LogP contribution in [0.15, 0.2) is 42.7 Å². The monoisotopic (exact) mass is 256 g/mol. The molecule has 1 aromatic carbocycles. The molecule has 0 saturated carbocycles. The zero-order valence-electron chi connectivity index (χ0n) is 10.8. The second-order valence-corrected chi connectivity index (χ2v) is 4.38. The molecule has 2 aromatic rings. The van der Waals surface area contributed by atoms with Crippen molar-refractivity contribution in [2.75, 3.05) is 20.3 Å². The summed E-state index contributed by atoms with van der Waals surface area (Å²) >= 11 is 0. The fourth-order valence-electron chi connectivity index (χ4n) is 2.37. The zero-order chi connectivity index (χ0) is 13.1. The van der Waals surface area contributed by atoms with Gasteiger partial charge in [-0.2, -0.15) is 0 Å². The molecule has 0 bridgehead atoms. The van der Waals surface area contributed by atoms with Gasteiger partial charge in [0.05, 0.1) is 6.04 Å². The molecular weight excluding hydrogens is 240 g/mol. The molecule has 0 amide bonds. The number of hydrogen-bond acceptors (Lipinski definition) is 4. The smallest absolute Gasteiger partial charge is 0.166 e. The van der Waals surface area contributed by atoms with E-state index in [1.165, 1.54) is 0 Å². The zero-order valence-corrected chi connectivity index (χ0v) is 10.8. The van der Waals surface area contributed by atoms with Crippen LogP contribution in [-0.2, 0) is 0 Å². The third-order valence-electron chi connectivity index (χ3n) is 3.21. The Hall–Kier alpha value is -2.07. The van der Waals surface area contributed by atoms with Gasteiger partial charge in [0, 0.05) is 18.0 Å². The summed E-state index contributed by atoms with van der Waals surface area (Å²) < 4.78 is 11.4. The largest absolute Gasteiger partial charge is 0.486 e. The van der Waals surface area contributed by atoms with Crippen molar-refractivity contribution < 1.29 is 9.47 Å². The predicted octanol–water partition coefficient (Wildman–Crippen LogP) is 2.16. The number of benzene rings is 1. The number of nitrogens with zero attached hydrogens (tertiary/aromatic N) is 1. The minimum atomic E-state index is 0.0466. The fraction of sp³-hybridized carbons (Fsp3) is 0.267. The van der Waals surface area contributed by atoms with Gasteiger partial charge in [-0.25, -0.2) is 0 Å². The van der Waals surface area contributed by atoms with E-state index in [0.717, 1.165) is 22.6 Å². The molecule has 0 spiro atoms. The predicted molar refractivity (Wildman–Crippen MR) is 72.6 cm³/mol. The van der Waals surface area contributed by atoms with E-state index in [0.29, 0.717) is 13.2 Å². The Morgan fingerprint density at radius 1 is 1.16 bits per heavy atom. The highest BCUT2D eigenvalue weighted by molar-refractivity contribution is 5.51. The minimum absolute atomic E-state index is 0.0466. The van der Waals surface area contributed by atoms with Crippen LogP contribution >= 0.6 is 0 Å². The van der Waals surface area contributed by atoms with Gasteiger partial charge in [-0.1, -0.05) is 18.2 Å². The van der Waals surface area contributed by atoms with Gasteiger partial charge in [0.25, 0.3) is 0 Å². The quantitative estimate of drug-likeness (QED) is 0.914. The van der Waals surface area contributed by atoms with Gasteiger partial charge in [0.15, 0.2) is 11.5 Å². The lowest BCUT2D eigenvalue weighted by Crippen LogP contribution is -2.22. The molecule has 1 atom stereocenters. The summed E-state index contributed by atoms with van der Waals surface area (Å²) in [6, 6.07) is 10.0. The van der Waals surface area contributed by atoms with E-state index in [1.807, 2.05) is 31.4 Å². The Labute approximate surface area is 112 Å². The van der Waals surface area contributed by atoms with Crippen molar-refractivity contribution in [3.63, 3.8) is 0 Å². The second-order valence-electron chi connectivity index (χ2n) is 4.38. The van der Waals surface area contributed by atoms with Gasteiger partial charge in [-0.3, -0.25) is 4.98 Å². The summed E-state index contributed by atoms with van der Waals surface area (Å²) in [5.41, 5.74) is 2.18. The molecule has 1 aliphatic rings. The number of aromatic nitrogens is 1. The molecule has 2 heterocycles. The summed E-state index contributed by atoms with van der Waals surface area (Å²) in [4.78, 5) is 4.18. The highest BCUT2D eigenvalue weighted by atomic mass is 16.6. The van der Waals surface area contributed by atoms with Gasteiger partial charge in [0.1, 0.15) is 13.2 Å². The maximum absolute atomic E-state index is 5.77. The normalized spacial score (nSPS) is 15.0. The lowest BCUT2D eigenvalue weighted by Gasteiger charge is -2.25. The molecule has 0 saturated heterocycles. The Balaban J connectivity index is 2.05. The van der Waals surface area contributed by atoms with Gasteiger partial charge in [-0.15, -0.1) is 0 Å². The molecule has 0 radical (unpaired) electrons. The van der Waals surface area contributed by atoms with E-state index in [1.54, 1.807) is 6.20 Å². The number of pyridine rings is 1. The molecule has 3 rings (SSSR count). The van der Waals surface area contributed by atoms with E-state index in [-0.39, 0.29) is 6.04 Å². The number of ether oxygens (including phenoxy) is 2. The first-order chi connectivity index (χ1) is 9.40. The Morgan fingerprint density at radius 2 is 2.05 bits per heavy atom. The van der Waals surface area contributed by atoms with Crippen LogP contribution in [-0.4, -0.2) is 25.2 Å². The Bertz CT molecular complexity index is 557. The van der Waals surface area contributed by atoms with Crippen LogP contribution in [0.4, 0.5) is 0 Å². The van der Waals surface area contributed by atoms with E-state index in [9.17, 15) is 0 Å². The molecule has 4 nitrogen and oxygen atoms in total. The fourth-order valence-corrected chi connectivity index (χ4v) is 2.37. The average molecular weight is 256 g/mol. The first kappa shape index (κ1) is 12.0. The van der Waals surface area contributed by atoms with Crippen molar-refractivity contribution in [1.82, 2.24) is 10.3 Å². The highest BCUT2D eigenvalue weighted by Gasteiger charge is 2.22. The number of rotatable bonds is 3. The van der Waals surface area contributed by atoms with E-state index >= 15 is 0 Å². The van der Waals surface area contributed by atoms with Gasteiger partial charge >= 0.3 is 0 Å². The molecule has 0 fully saturated rings. The maximum Gasteiger partial charge on any atom is 0.166 e. The summed E-state index contributed by atoms with van der Waals surface area (Å²) in [7, 11) is 1.93. The van der Waals surface area contributed by atoms with Crippen molar-refractivity contribution in [2.24, 2.45) is 0 Å². The first-order valence-corrected chi connectivity index (χ1v) is 6.36. The van der Waals surface area contributed by atoms with Crippen molar-refractivity contribution in [3.8, 4) is 11.5 Å². The van der Waals surface area contributed by atoms with Crippen molar-refractivity contribution in [1.29, 1.82) is 0 Å². The molecule has 1 aromatic heterocycles. The third kappa shape index (κ3) is 2.27. The molecule has 0 aliphatic carbocycles. The third-order valence-corrected chi connectivity index (χ3v) is 3.21. The summed E-state index contributed by atoms with van der Waals surface area (Å²) in [6.45, 7) is 1.20. The van der Waals surface area contributed by atoms with E-state index in [4.69, 9.17) is 9.47 Å². The number of fused-ring (bicyclic) bond motifs is 1. The molecule has 98 valence electrons. The van der Waals surface area contributed by atoms with Crippen LogP contribution in [0, 0.1) is 0 Å². The van der Waals surface area contributed by atoms with Crippen molar-refractivity contribution >= 4 is 0 Å². The summed E-state index contributed by atoms with van der Waals surface area (Å²) in [5.74, 6) is 1.64. The van der Waals surface area contributed by atoms with Crippen LogP contribution in [0.3, 0.4) is 0 Å². The van der Waals surface area contributed by atoms with E-state index in [2.05, 4.69) is 22.4 Å². The maximum atomic E-state index is 5.77. The standard InChI is InChI=1S/C15H16N2O2/c1-16-14(11-4-3-7-17-10-11)12-5-2-6-13-15(12)19-9-8-18-13/h2-7,10,14,16H,8-9H2,1H3. The Morgan fingerprint density at radius 3 is 2.84 bits per heavy atom. The molecule has 1 aliphatic heterocycles. The molecule has 4 heteroatoms. The molecule has 1 N–H and O–H groups in total. The Kier molecular flexibility index (Phi) is 3.33. The van der Waals surface area contributed by atoms with Crippen LogP contribution in [0.2, 0.25) is 0 Å². The van der Waals surface area contributed by atoms with Gasteiger partial charge in [-0.05, 0) is 24.7 Å². The van der Waals surface area contributed by atoms with Crippen molar-refractivity contribution in [3.05, 3.63) is 53.9 Å². The summed E-state index contributed by atoms with van der Waals surface area (Å²) in [6.07, 6.45) is 3.64. The molecular formula is C15H16N2O2. The molecule has 19 heavy (non-hydrogen) atoms. The second kappa shape index (κ2) is 5.28. The van der Waals surface area contributed by atoms with E-state index < -0.39 is 0 Å². The van der Waals surface area contributed by atoms with Crippen molar-refractivity contribution in [2.45, 2.75) is 6.04 Å². The van der Waals surface area contributed by atoms with Crippen LogP contribution in [0.5, 0.6) is 11.5 Å². The average Bonchev–Trinajstić information content (AvgIpc) is 2.49. The van der Waals surface area contributed by atoms with Crippen LogP contribution < -0.4 is 14.8 Å². The number of hydrogen-bond donors (Lipinski definition) is 1. The summed E-state index contributed by atoms with van der Waals surface area (Å²) in [5, 5.41) is 3.31. The van der Waals surface area contributed by atoms with Gasteiger partial charge < -0.3 is 14.8 Å². The number of nitrogens with one attached hydrogen (secondary N) is 1. The lowest BCUT2D eigenvalue weighted by molar-refractivity contribution is 0.169. The van der Waals surface area contributed by atoms with Crippen LogP contribution in [0.1, 0.15) is 17.2 Å². The topological polar surface area (TPSA) is 43.4 Å². The number of para-hydroxylation sites is 1. The first-order valence-electron chi connectivity index (χ1n) is 6.36. The van der Waals surface area contributed by atoms with Crippen LogP contribution in [0.25, 0.3) is 0 Å². The lowest BCUT2D eigenvalue weighted by atomic mass is 9.99.